The van der Waals surface area contributed by atoms with Gasteiger partial charge in [0.15, 0.2) is 5.96 Å². The Morgan fingerprint density at radius 1 is 1.18 bits per heavy atom. The number of phenols is 1. The molecule has 2 aromatic rings. The van der Waals surface area contributed by atoms with Gasteiger partial charge in [-0.15, -0.1) is 0 Å². The Hall–Kier alpha value is -2.56. The van der Waals surface area contributed by atoms with E-state index in [1.807, 2.05) is 37.3 Å². The molecule has 0 fully saturated rings. The van der Waals surface area contributed by atoms with Gasteiger partial charge in [-0.1, -0.05) is 18.2 Å². The number of nitrogens with one attached hydrogen (secondary N) is 2. The number of pyridine rings is 1. The third-order valence-electron chi connectivity index (χ3n) is 3.09. The molecule has 1 heterocycles. The van der Waals surface area contributed by atoms with Gasteiger partial charge in [0.1, 0.15) is 5.75 Å². The molecule has 0 radical (unpaired) electrons. The number of hydrogen-bond acceptors (Lipinski definition) is 3. The molecule has 0 saturated carbocycles. The Morgan fingerprint density at radius 2 is 2.09 bits per heavy atom. The van der Waals surface area contributed by atoms with E-state index in [0.717, 1.165) is 36.7 Å². The minimum atomic E-state index is 0.299. The average molecular weight is 298 g/mol. The van der Waals surface area contributed by atoms with E-state index in [2.05, 4.69) is 20.6 Å². The van der Waals surface area contributed by atoms with Gasteiger partial charge in [-0.25, -0.2) is 4.99 Å². The quantitative estimate of drug-likeness (QED) is 0.564. The molecule has 0 atom stereocenters. The van der Waals surface area contributed by atoms with E-state index >= 15 is 0 Å². The van der Waals surface area contributed by atoms with Crippen LogP contribution in [0.2, 0.25) is 0 Å². The standard InChI is InChI=1S/C17H22N4O/c1-2-18-17(21-13-15-7-3-4-10-19-15)20-11-9-14-6-5-8-16(22)12-14/h3-8,10,12,22H,2,9,11,13H2,1H3,(H2,18,20,21). The number of aromatic nitrogens is 1. The summed E-state index contributed by atoms with van der Waals surface area (Å²) in [5.74, 6) is 1.07. The Bertz CT molecular complexity index is 599. The summed E-state index contributed by atoms with van der Waals surface area (Å²) in [5, 5.41) is 16.0. The van der Waals surface area contributed by atoms with Crippen LogP contribution in [0.3, 0.4) is 0 Å². The van der Waals surface area contributed by atoms with E-state index < -0.39 is 0 Å². The molecule has 1 aromatic heterocycles. The fraction of sp³-hybridized carbons (Fsp3) is 0.294. The van der Waals surface area contributed by atoms with Gasteiger partial charge >= 0.3 is 0 Å². The van der Waals surface area contributed by atoms with Crippen molar-refractivity contribution in [1.29, 1.82) is 0 Å². The Kier molecular flexibility index (Phi) is 6.23. The summed E-state index contributed by atoms with van der Waals surface area (Å²) < 4.78 is 0. The number of phenolic OH excluding ortho intramolecular Hbond substituents is 1. The van der Waals surface area contributed by atoms with Crippen LogP contribution in [0.4, 0.5) is 0 Å². The van der Waals surface area contributed by atoms with E-state index in [0.29, 0.717) is 12.3 Å². The Morgan fingerprint density at radius 3 is 2.82 bits per heavy atom. The minimum absolute atomic E-state index is 0.299. The predicted octanol–water partition coefficient (Wildman–Crippen LogP) is 2.08. The van der Waals surface area contributed by atoms with E-state index in [1.54, 1.807) is 18.3 Å². The van der Waals surface area contributed by atoms with Crippen LogP contribution in [0, 0.1) is 0 Å². The highest BCUT2D eigenvalue weighted by molar-refractivity contribution is 5.79. The zero-order valence-electron chi connectivity index (χ0n) is 12.8. The number of guanidine groups is 1. The number of rotatable bonds is 6. The zero-order valence-corrected chi connectivity index (χ0v) is 12.8. The number of aliphatic imine (C=N–C) groups is 1. The minimum Gasteiger partial charge on any atom is -0.508 e. The van der Waals surface area contributed by atoms with Gasteiger partial charge in [0.05, 0.1) is 12.2 Å². The zero-order chi connectivity index (χ0) is 15.6. The van der Waals surface area contributed by atoms with Crippen LogP contribution in [0.5, 0.6) is 5.75 Å². The molecule has 0 unspecified atom stereocenters. The Balaban J connectivity index is 1.86. The summed E-state index contributed by atoms with van der Waals surface area (Å²) in [4.78, 5) is 8.77. The molecule has 3 N–H and O–H groups in total. The van der Waals surface area contributed by atoms with Crippen molar-refractivity contribution >= 4 is 5.96 Å². The summed E-state index contributed by atoms with van der Waals surface area (Å²) in [5.41, 5.74) is 2.03. The molecule has 22 heavy (non-hydrogen) atoms. The summed E-state index contributed by atoms with van der Waals surface area (Å²) in [6.45, 7) is 4.13. The molecule has 5 nitrogen and oxygen atoms in total. The van der Waals surface area contributed by atoms with E-state index in [9.17, 15) is 5.11 Å². The molecule has 0 spiro atoms. The first-order valence-electron chi connectivity index (χ1n) is 7.48. The fourth-order valence-electron chi connectivity index (χ4n) is 2.03. The number of nitrogens with zero attached hydrogens (tertiary/aromatic N) is 2. The van der Waals surface area contributed by atoms with Gasteiger partial charge in [0.25, 0.3) is 0 Å². The molecule has 0 saturated heterocycles. The lowest BCUT2D eigenvalue weighted by atomic mass is 10.1. The van der Waals surface area contributed by atoms with Gasteiger partial charge in [-0.05, 0) is 43.2 Å². The molecule has 0 amide bonds. The summed E-state index contributed by atoms with van der Waals surface area (Å²) in [6.07, 6.45) is 2.59. The average Bonchev–Trinajstić information content (AvgIpc) is 2.54. The smallest absolute Gasteiger partial charge is 0.191 e. The maximum atomic E-state index is 9.45. The van der Waals surface area contributed by atoms with Crippen molar-refractivity contribution in [2.24, 2.45) is 4.99 Å². The van der Waals surface area contributed by atoms with Crippen molar-refractivity contribution in [3.8, 4) is 5.75 Å². The van der Waals surface area contributed by atoms with Crippen LogP contribution in [-0.2, 0) is 13.0 Å². The van der Waals surface area contributed by atoms with Crippen molar-refractivity contribution in [3.05, 3.63) is 59.9 Å². The van der Waals surface area contributed by atoms with Crippen molar-refractivity contribution in [1.82, 2.24) is 15.6 Å². The number of benzene rings is 1. The number of hydrogen-bond donors (Lipinski definition) is 3. The van der Waals surface area contributed by atoms with Crippen molar-refractivity contribution < 1.29 is 5.11 Å². The third kappa shape index (κ3) is 5.44. The van der Waals surface area contributed by atoms with Crippen LogP contribution < -0.4 is 10.6 Å². The van der Waals surface area contributed by atoms with E-state index in [-0.39, 0.29) is 0 Å². The second-order valence-electron chi connectivity index (χ2n) is 4.86. The maximum absolute atomic E-state index is 9.45. The molecule has 5 heteroatoms. The van der Waals surface area contributed by atoms with Crippen LogP contribution in [0.1, 0.15) is 18.2 Å². The lowest BCUT2D eigenvalue weighted by Crippen LogP contribution is -2.38. The molecule has 0 bridgehead atoms. The predicted molar refractivity (Wildman–Crippen MR) is 88.9 cm³/mol. The SMILES string of the molecule is CCNC(=NCc1ccccn1)NCCc1cccc(O)c1. The topological polar surface area (TPSA) is 69.5 Å². The molecule has 0 aliphatic heterocycles. The highest BCUT2D eigenvalue weighted by Gasteiger charge is 1.99. The maximum Gasteiger partial charge on any atom is 0.191 e. The molecule has 0 aliphatic rings. The molecular formula is C17H22N4O. The first kappa shape index (κ1) is 15.8. The van der Waals surface area contributed by atoms with Gasteiger partial charge in [0.2, 0.25) is 0 Å². The van der Waals surface area contributed by atoms with Gasteiger partial charge in [0, 0.05) is 19.3 Å². The molecule has 0 aliphatic carbocycles. The molecule has 2 rings (SSSR count). The molecule has 116 valence electrons. The second kappa shape index (κ2) is 8.67. The van der Waals surface area contributed by atoms with Gasteiger partial charge in [-0.3, -0.25) is 4.98 Å². The van der Waals surface area contributed by atoms with E-state index in [1.165, 1.54) is 0 Å². The second-order valence-corrected chi connectivity index (χ2v) is 4.86. The van der Waals surface area contributed by atoms with Crippen LogP contribution >= 0.6 is 0 Å². The van der Waals surface area contributed by atoms with Gasteiger partial charge in [-0.2, -0.15) is 0 Å². The number of aromatic hydroxyl groups is 1. The van der Waals surface area contributed by atoms with Crippen LogP contribution in [-0.4, -0.2) is 29.1 Å². The van der Waals surface area contributed by atoms with Crippen molar-refractivity contribution in [2.45, 2.75) is 19.9 Å². The lowest BCUT2D eigenvalue weighted by molar-refractivity contribution is 0.474. The largest absolute Gasteiger partial charge is 0.508 e. The molecular weight excluding hydrogens is 276 g/mol. The fourth-order valence-corrected chi connectivity index (χ4v) is 2.03. The normalized spacial score (nSPS) is 11.2. The van der Waals surface area contributed by atoms with Crippen molar-refractivity contribution in [2.75, 3.05) is 13.1 Å². The Labute approximate surface area is 131 Å². The summed E-state index contributed by atoms with van der Waals surface area (Å²) in [6, 6.07) is 13.1. The first-order chi connectivity index (χ1) is 10.8. The van der Waals surface area contributed by atoms with Crippen LogP contribution in [0.25, 0.3) is 0 Å². The summed E-state index contributed by atoms with van der Waals surface area (Å²) >= 11 is 0. The molecule has 1 aromatic carbocycles. The van der Waals surface area contributed by atoms with Crippen molar-refractivity contribution in [3.63, 3.8) is 0 Å². The summed E-state index contributed by atoms with van der Waals surface area (Å²) in [7, 11) is 0. The first-order valence-corrected chi connectivity index (χ1v) is 7.48. The highest BCUT2D eigenvalue weighted by atomic mass is 16.3. The van der Waals surface area contributed by atoms with Crippen LogP contribution in [0.15, 0.2) is 53.7 Å². The third-order valence-corrected chi connectivity index (χ3v) is 3.09. The van der Waals surface area contributed by atoms with E-state index in [4.69, 9.17) is 0 Å². The highest BCUT2D eigenvalue weighted by Crippen LogP contribution is 2.10. The van der Waals surface area contributed by atoms with Gasteiger partial charge < -0.3 is 15.7 Å². The lowest BCUT2D eigenvalue weighted by Gasteiger charge is -2.11. The monoisotopic (exact) mass is 298 g/mol.